The summed E-state index contributed by atoms with van der Waals surface area (Å²) in [7, 11) is 0. The van der Waals surface area contributed by atoms with Crippen LogP contribution in [0.2, 0.25) is 0 Å². The summed E-state index contributed by atoms with van der Waals surface area (Å²) in [6, 6.07) is 0.380. The number of carbonyl (C=O) groups is 2. The van der Waals surface area contributed by atoms with Crippen LogP contribution in [0.3, 0.4) is 0 Å². The maximum absolute atomic E-state index is 12.8. The number of amides is 2. The zero-order valence-corrected chi connectivity index (χ0v) is 28.8. The average Bonchev–Trinajstić information content (AvgIpc) is 3.30. The van der Waals surface area contributed by atoms with Crippen molar-refractivity contribution in [2.45, 2.75) is 145 Å². The summed E-state index contributed by atoms with van der Waals surface area (Å²) in [6.07, 6.45) is 7.34. The predicted octanol–water partition coefficient (Wildman–Crippen LogP) is 6.35. The molecule has 1 aliphatic heterocycles. The van der Waals surface area contributed by atoms with E-state index in [9.17, 15) is 9.59 Å². The van der Waals surface area contributed by atoms with E-state index >= 15 is 0 Å². The van der Waals surface area contributed by atoms with Gasteiger partial charge >= 0.3 is 6.01 Å². The number of piperidine rings is 1. The van der Waals surface area contributed by atoms with Crippen LogP contribution in [-0.4, -0.2) is 64.2 Å². The molecule has 1 aromatic rings. The molecule has 0 aromatic carbocycles. The maximum atomic E-state index is 12.8. The fourth-order valence-corrected chi connectivity index (χ4v) is 5.20. The lowest BCUT2D eigenvalue weighted by Crippen LogP contribution is -2.46. The van der Waals surface area contributed by atoms with Gasteiger partial charge in [-0.25, -0.2) is 0 Å². The van der Waals surface area contributed by atoms with Gasteiger partial charge in [-0.2, -0.15) is 0 Å². The number of nitrogens with zero attached hydrogens (tertiary/aromatic N) is 3. The van der Waals surface area contributed by atoms with E-state index in [4.69, 9.17) is 4.42 Å². The molecule has 9 nitrogen and oxygen atoms in total. The molecule has 0 atom stereocenters. The molecule has 0 unspecified atom stereocenters. The molecule has 0 radical (unpaired) electrons. The summed E-state index contributed by atoms with van der Waals surface area (Å²) in [5.74, 6) is 0.844. The molecule has 2 rings (SSSR count). The maximum Gasteiger partial charge on any atom is 0.315 e. The van der Waals surface area contributed by atoms with Gasteiger partial charge in [0.15, 0.2) is 0 Å². The number of anilines is 1. The van der Waals surface area contributed by atoms with E-state index in [-0.39, 0.29) is 33.7 Å². The Labute approximate surface area is 256 Å². The molecular formula is C33H62N6O3. The van der Waals surface area contributed by atoms with E-state index in [2.05, 4.69) is 88.5 Å². The van der Waals surface area contributed by atoms with Crippen molar-refractivity contribution in [2.24, 2.45) is 16.2 Å². The van der Waals surface area contributed by atoms with E-state index in [1.54, 1.807) is 0 Å². The topological polar surface area (TPSA) is 112 Å². The highest BCUT2D eigenvalue weighted by atomic mass is 16.4. The Morgan fingerprint density at radius 1 is 0.881 bits per heavy atom. The molecule has 0 bridgehead atoms. The van der Waals surface area contributed by atoms with Gasteiger partial charge in [0.2, 0.25) is 17.7 Å². The molecule has 1 saturated heterocycles. The highest BCUT2D eigenvalue weighted by Gasteiger charge is 2.40. The summed E-state index contributed by atoms with van der Waals surface area (Å²) in [6.45, 7) is 27.2. The molecule has 2 heterocycles. The first kappa shape index (κ1) is 36.0. The molecule has 1 aliphatic rings. The largest absolute Gasteiger partial charge is 0.408 e. The van der Waals surface area contributed by atoms with Gasteiger partial charge in [-0.1, -0.05) is 46.6 Å². The van der Waals surface area contributed by atoms with Gasteiger partial charge in [0.25, 0.3) is 0 Å². The van der Waals surface area contributed by atoms with Crippen molar-refractivity contribution in [3.8, 4) is 0 Å². The minimum atomic E-state index is -0.477. The quantitative estimate of drug-likeness (QED) is 0.204. The monoisotopic (exact) mass is 590 g/mol. The minimum absolute atomic E-state index is 0.0875. The van der Waals surface area contributed by atoms with Crippen molar-refractivity contribution in [1.82, 2.24) is 25.7 Å². The molecule has 1 aromatic heterocycles. The molecule has 9 heteroatoms. The highest BCUT2D eigenvalue weighted by molar-refractivity contribution is 5.81. The van der Waals surface area contributed by atoms with E-state index < -0.39 is 5.41 Å². The van der Waals surface area contributed by atoms with Crippen LogP contribution in [0.1, 0.15) is 133 Å². The summed E-state index contributed by atoms with van der Waals surface area (Å²) in [5.41, 5.74) is -0.163. The zero-order valence-electron chi connectivity index (χ0n) is 28.8. The van der Waals surface area contributed by atoms with E-state index in [1.807, 2.05) is 18.7 Å². The number of carbonyl (C=O) groups excluding carboxylic acids is 2. The van der Waals surface area contributed by atoms with Gasteiger partial charge in [-0.05, 0) is 96.9 Å². The van der Waals surface area contributed by atoms with Crippen molar-refractivity contribution in [3.63, 3.8) is 0 Å². The number of rotatable bonds is 15. The lowest BCUT2D eigenvalue weighted by atomic mass is 9.63. The first-order valence-electron chi connectivity index (χ1n) is 16.1. The molecule has 0 aliphatic carbocycles. The van der Waals surface area contributed by atoms with Crippen LogP contribution in [0.15, 0.2) is 4.42 Å². The van der Waals surface area contributed by atoms with Gasteiger partial charge in [0.05, 0.1) is 0 Å². The summed E-state index contributed by atoms with van der Waals surface area (Å²) < 4.78 is 5.85. The van der Waals surface area contributed by atoms with Gasteiger partial charge < -0.3 is 25.3 Å². The molecule has 0 saturated carbocycles. The zero-order chi connectivity index (χ0) is 31.8. The lowest BCUT2D eigenvalue weighted by Gasteiger charge is -2.47. The van der Waals surface area contributed by atoms with Gasteiger partial charge in [0, 0.05) is 49.0 Å². The van der Waals surface area contributed by atoms with Crippen LogP contribution in [0, 0.1) is 16.2 Å². The first-order valence-corrected chi connectivity index (χ1v) is 16.1. The Hall–Kier alpha value is -2.16. The Morgan fingerprint density at radius 3 is 2.10 bits per heavy atom. The average molecular weight is 591 g/mol. The van der Waals surface area contributed by atoms with Crippen LogP contribution in [-0.2, 0) is 16.0 Å². The molecule has 2 amide bonds. The number of likely N-dealkylation sites (tertiary alicyclic amines) is 1. The van der Waals surface area contributed by atoms with Crippen LogP contribution in [0.5, 0.6) is 0 Å². The Kier molecular flexibility index (Phi) is 12.5. The third-order valence-electron chi connectivity index (χ3n) is 9.26. The number of aromatic nitrogens is 2. The summed E-state index contributed by atoms with van der Waals surface area (Å²) >= 11 is 0. The number of aryl methyl sites for hydroxylation is 1. The van der Waals surface area contributed by atoms with Gasteiger partial charge in [-0.3, -0.25) is 9.59 Å². The standard InChI is InChI=1S/C33H62N6O3/c1-29(2,3)33(11)19-23-39(24-20-33)26(40)16-14-15-25-37-38-28(42-25)36-32(9,10)18-17-31(7,8)27(41)34-21-12-13-22-35-30(4,5)6/h35H,12-24H2,1-11H3,(H,34,41)(H,36,38). The second kappa shape index (κ2) is 14.5. The molecule has 42 heavy (non-hydrogen) atoms. The van der Waals surface area contributed by atoms with Crippen LogP contribution in [0.4, 0.5) is 6.01 Å². The lowest BCUT2D eigenvalue weighted by molar-refractivity contribution is -0.134. The Balaban J connectivity index is 1.70. The second-order valence-corrected chi connectivity index (χ2v) is 16.1. The fourth-order valence-electron chi connectivity index (χ4n) is 5.20. The minimum Gasteiger partial charge on any atom is -0.408 e. The molecule has 0 spiro atoms. The van der Waals surface area contributed by atoms with E-state index in [1.165, 1.54) is 0 Å². The third-order valence-corrected chi connectivity index (χ3v) is 9.26. The Morgan fingerprint density at radius 2 is 1.50 bits per heavy atom. The SMILES string of the molecule is CC(C)(C)NCCCCNC(=O)C(C)(C)CCC(C)(C)Nc1nnc(CCCC(=O)N2CCC(C)(C(C)(C)C)CC2)o1. The van der Waals surface area contributed by atoms with Gasteiger partial charge in [0.1, 0.15) is 0 Å². The first-order chi connectivity index (χ1) is 19.2. The smallest absolute Gasteiger partial charge is 0.315 e. The molecule has 3 N–H and O–H groups in total. The molecular weight excluding hydrogens is 528 g/mol. The Bertz CT molecular complexity index is 994. The molecule has 242 valence electrons. The molecule has 1 fully saturated rings. The van der Waals surface area contributed by atoms with Crippen LogP contribution < -0.4 is 16.0 Å². The predicted molar refractivity (Wildman–Crippen MR) is 171 cm³/mol. The van der Waals surface area contributed by atoms with Crippen LogP contribution >= 0.6 is 0 Å². The van der Waals surface area contributed by atoms with Crippen LogP contribution in [0.25, 0.3) is 0 Å². The van der Waals surface area contributed by atoms with E-state index in [0.717, 1.165) is 58.2 Å². The highest BCUT2D eigenvalue weighted by Crippen LogP contribution is 2.46. The number of unbranched alkanes of at least 4 members (excludes halogenated alkanes) is 1. The van der Waals surface area contributed by atoms with E-state index in [0.29, 0.717) is 37.7 Å². The van der Waals surface area contributed by atoms with Crippen molar-refractivity contribution >= 4 is 17.8 Å². The third kappa shape index (κ3) is 11.8. The fraction of sp³-hybridized carbons (Fsp3) is 0.879. The normalized spacial score (nSPS) is 16.4. The van der Waals surface area contributed by atoms with Crippen molar-refractivity contribution < 1.29 is 14.0 Å². The van der Waals surface area contributed by atoms with Gasteiger partial charge in [-0.15, -0.1) is 5.10 Å². The summed E-state index contributed by atoms with van der Waals surface area (Å²) in [5, 5.41) is 18.3. The number of hydrogen-bond acceptors (Lipinski definition) is 7. The van der Waals surface area contributed by atoms with Crippen molar-refractivity contribution in [3.05, 3.63) is 5.89 Å². The number of hydrogen-bond donors (Lipinski definition) is 3. The van der Waals surface area contributed by atoms with Crippen molar-refractivity contribution in [2.75, 3.05) is 31.5 Å². The number of nitrogens with one attached hydrogen (secondary N) is 3. The second-order valence-electron chi connectivity index (χ2n) is 16.1. The van der Waals surface area contributed by atoms with Crippen molar-refractivity contribution in [1.29, 1.82) is 0 Å². The summed E-state index contributed by atoms with van der Waals surface area (Å²) in [4.78, 5) is 27.6.